The highest BCUT2D eigenvalue weighted by atomic mass is 16.1. The molecule has 0 spiro atoms. The van der Waals surface area contributed by atoms with Crippen LogP contribution in [0.15, 0.2) is 11.6 Å². The summed E-state index contributed by atoms with van der Waals surface area (Å²) in [5.74, 6) is 3.05. The molecule has 0 saturated heterocycles. The van der Waals surface area contributed by atoms with Crippen molar-refractivity contribution in [2.24, 2.45) is 29.1 Å². The van der Waals surface area contributed by atoms with E-state index in [4.69, 9.17) is 0 Å². The summed E-state index contributed by atoms with van der Waals surface area (Å²) < 4.78 is 0. The molecule has 1 nitrogen and oxygen atoms in total. The van der Waals surface area contributed by atoms with Crippen molar-refractivity contribution in [3.63, 3.8) is 0 Å². The van der Waals surface area contributed by atoms with Crippen LogP contribution in [0.3, 0.4) is 0 Å². The van der Waals surface area contributed by atoms with Gasteiger partial charge in [-0.1, -0.05) is 26.8 Å². The fourth-order valence-corrected chi connectivity index (χ4v) is 4.04. The minimum Gasteiger partial charge on any atom is -0.294 e. The van der Waals surface area contributed by atoms with Gasteiger partial charge < -0.3 is 0 Å². The van der Waals surface area contributed by atoms with Crippen LogP contribution in [0.5, 0.6) is 0 Å². The van der Waals surface area contributed by atoms with Crippen molar-refractivity contribution >= 4 is 5.78 Å². The van der Waals surface area contributed by atoms with Crippen LogP contribution in [0.1, 0.15) is 40.0 Å². The quantitative estimate of drug-likeness (QED) is 0.592. The molecule has 0 amide bonds. The Morgan fingerprint density at radius 1 is 1.20 bits per heavy atom. The van der Waals surface area contributed by atoms with Crippen molar-refractivity contribution in [1.29, 1.82) is 0 Å². The molecule has 3 aliphatic rings. The van der Waals surface area contributed by atoms with Crippen LogP contribution in [-0.2, 0) is 4.79 Å². The van der Waals surface area contributed by atoms with E-state index in [0.717, 1.165) is 17.4 Å². The summed E-state index contributed by atoms with van der Waals surface area (Å²) in [7, 11) is 0. The Morgan fingerprint density at radius 3 is 2.47 bits per heavy atom. The summed E-state index contributed by atoms with van der Waals surface area (Å²) in [4.78, 5) is 12.4. The molecule has 0 aromatic rings. The fourth-order valence-electron chi connectivity index (χ4n) is 4.04. The van der Waals surface area contributed by atoms with E-state index in [9.17, 15) is 4.79 Å². The summed E-state index contributed by atoms with van der Waals surface area (Å²) in [5.41, 5.74) is 1.18. The Labute approximate surface area is 91.9 Å². The zero-order valence-corrected chi connectivity index (χ0v) is 9.92. The Bertz CT molecular complexity index is 345. The van der Waals surface area contributed by atoms with Crippen molar-refractivity contribution in [3.05, 3.63) is 11.6 Å². The van der Waals surface area contributed by atoms with Gasteiger partial charge in [0.1, 0.15) is 0 Å². The molecule has 0 N–H and O–H groups in total. The number of hydrogen-bond acceptors (Lipinski definition) is 1. The monoisotopic (exact) mass is 204 g/mol. The summed E-state index contributed by atoms with van der Waals surface area (Å²) in [6, 6.07) is 0. The molecule has 3 aliphatic carbocycles. The summed E-state index contributed by atoms with van der Waals surface area (Å²) >= 11 is 0. The number of carbonyl (C=O) groups excluding carboxylic acids is 1. The third kappa shape index (κ3) is 1.18. The largest absolute Gasteiger partial charge is 0.294 e. The molecule has 15 heavy (non-hydrogen) atoms. The molecule has 2 bridgehead atoms. The smallest absolute Gasteiger partial charge is 0.163 e. The highest BCUT2D eigenvalue weighted by Gasteiger charge is 2.54. The van der Waals surface area contributed by atoms with E-state index in [-0.39, 0.29) is 5.41 Å². The zero-order valence-electron chi connectivity index (χ0n) is 9.92. The average Bonchev–Trinajstić information content (AvgIpc) is 2.73. The van der Waals surface area contributed by atoms with Crippen molar-refractivity contribution < 1.29 is 4.79 Å². The lowest BCUT2D eigenvalue weighted by molar-refractivity contribution is -0.121. The van der Waals surface area contributed by atoms with Gasteiger partial charge in [0.15, 0.2) is 5.78 Å². The van der Waals surface area contributed by atoms with Crippen LogP contribution >= 0.6 is 0 Å². The molecule has 3 rings (SSSR count). The van der Waals surface area contributed by atoms with Gasteiger partial charge in [-0.2, -0.15) is 0 Å². The predicted molar refractivity (Wildman–Crippen MR) is 60.4 cm³/mol. The maximum absolute atomic E-state index is 12.4. The van der Waals surface area contributed by atoms with Gasteiger partial charge in [0.25, 0.3) is 0 Å². The highest BCUT2D eigenvalue weighted by Crippen LogP contribution is 2.58. The number of fused-ring (bicyclic) bond motifs is 5. The number of rotatable bonds is 0. The van der Waals surface area contributed by atoms with Gasteiger partial charge in [0.05, 0.1) is 0 Å². The molecule has 82 valence electrons. The summed E-state index contributed by atoms with van der Waals surface area (Å²) in [6.07, 6.45) is 6.34. The van der Waals surface area contributed by atoms with Crippen LogP contribution in [-0.4, -0.2) is 5.78 Å². The maximum Gasteiger partial charge on any atom is 0.163 e. The molecular weight excluding hydrogens is 184 g/mol. The van der Waals surface area contributed by atoms with E-state index >= 15 is 0 Å². The van der Waals surface area contributed by atoms with E-state index in [0.29, 0.717) is 17.6 Å². The number of Topliss-reactive ketones (excluding diaryl/α,β-unsaturated/α-hetero) is 1. The van der Waals surface area contributed by atoms with Gasteiger partial charge in [-0.05, 0) is 48.0 Å². The normalized spacial score (nSPS) is 43.4. The summed E-state index contributed by atoms with van der Waals surface area (Å²) in [6.45, 7) is 6.50. The topological polar surface area (TPSA) is 17.1 Å². The Balaban J connectivity index is 1.97. The molecule has 1 heteroatoms. The van der Waals surface area contributed by atoms with Crippen LogP contribution in [0.2, 0.25) is 0 Å². The first-order valence-corrected chi connectivity index (χ1v) is 6.25. The van der Waals surface area contributed by atoms with Gasteiger partial charge >= 0.3 is 0 Å². The summed E-state index contributed by atoms with van der Waals surface area (Å²) in [5, 5.41) is 0. The molecule has 0 heterocycles. The van der Waals surface area contributed by atoms with Crippen molar-refractivity contribution in [2.75, 3.05) is 0 Å². The molecule has 0 aromatic heterocycles. The zero-order chi connectivity index (χ0) is 10.8. The SMILES string of the molecule is CC(C)(C)C1=CC2C3CCC(C3)C2C1=O. The maximum atomic E-state index is 12.4. The second-order valence-corrected chi connectivity index (χ2v) is 6.63. The minimum atomic E-state index is 0.0564. The predicted octanol–water partition coefficient (Wildman–Crippen LogP) is 3.20. The molecule has 4 atom stereocenters. The van der Waals surface area contributed by atoms with E-state index in [1.165, 1.54) is 19.3 Å². The van der Waals surface area contributed by atoms with Gasteiger partial charge in [0.2, 0.25) is 0 Å². The van der Waals surface area contributed by atoms with E-state index in [1.807, 2.05) is 0 Å². The molecule has 4 unspecified atom stereocenters. The minimum absolute atomic E-state index is 0.0564. The Kier molecular flexibility index (Phi) is 1.76. The van der Waals surface area contributed by atoms with Gasteiger partial charge in [-0.25, -0.2) is 0 Å². The first-order chi connectivity index (χ1) is 6.98. The average molecular weight is 204 g/mol. The Morgan fingerprint density at radius 2 is 1.87 bits per heavy atom. The number of hydrogen-bond donors (Lipinski definition) is 0. The highest BCUT2D eigenvalue weighted by molar-refractivity contribution is 6.01. The number of ketones is 1. The lowest BCUT2D eigenvalue weighted by Crippen LogP contribution is -2.26. The third-order valence-corrected chi connectivity index (χ3v) is 4.72. The van der Waals surface area contributed by atoms with Crippen molar-refractivity contribution in [2.45, 2.75) is 40.0 Å². The van der Waals surface area contributed by atoms with Gasteiger partial charge in [-0.15, -0.1) is 0 Å². The molecular formula is C14H20O. The van der Waals surface area contributed by atoms with E-state index in [2.05, 4.69) is 26.8 Å². The Hall–Kier alpha value is -0.590. The van der Waals surface area contributed by atoms with Crippen molar-refractivity contribution in [3.8, 4) is 0 Å². The number of allylic oxidation sites excluding steroid dienone is 2. The van der Waals surface area contributed by atoms with Gasteiger partial charge in [-0.3, -0.25) is 4.79 Å². The molecule has 0 aromatic carbocycles. The van der Waals surface area contributed by atoms with Crippen LogP contribution in [0, 0.1) is 29.1 Å². The third-order valence-electron chi connectivity index (χ3n) is 4.72. The van der Waals surface area contributed by atoms with Crippen molar-refractivity contribution in [1.82, 2.24) is 0 Å². The number of carbonyl (C=O) groups is 1. The standard InChI is InChI=1S/C14H20O/c1-14(2,3)11-7-10-8-4-5-9(6-8)12(10)13(11)15/h7-10,12H,4-6H2,1-3H3. The van der Waals surface area contributed by atoms with Crippen LogP contribution in [0.4, 0.5) is 0 Å². The van der Waals surface area contributed by atoms with Crippen LogP contribution in [0.25, 0.3) is 0 Å². The lowest BCUT2D eigenvalue weighted by atomic mass is 9.79. The first-order valence-electron chi connectivity index (χ1n) is 6.25. The lowest BCUT2D eigenvalue weighted by Gasteiger charge is -2.23. The first kappa shape index (κ1) is 9.62. The second-order valence-electron chi connectivity index (χ2n) is 6.63. The van der Waals surface area contributed by atoms with Crippen LogP contribution < -0.4 is 0 Å². The molecule has 2 fully saturated rings. The molecule has 0 aliphatic heterocycles. The fraction of sp³-hybridized carbons (Fsp3) is 0.786. The molecule has 0 radical (unpaired) electrons. The molecule has 2 saturated carbocycles. The second kappa shape index (κ2) is 2.75. The van der Waals surface area contributed by atoms with E-state index in [1.54, 1.807) is 0 Å². The van der Waals surface area contributed by atoms with E-state index < -0.39 is 0 Å². The van der Waals surface area contributed by atoms with Gasteiger partial charge in [0, 0.05) is 5.92 Å².